The van der Waals surface area contributed by atoms with E-state index in [-0.39, 0.29) is 11.7 Å². The maximum Gasteiger partial charge on any atom is 0.325 e. The minimum absolute atomic E-state index is 0.263. The normalized spacial score (nSPS) is 12.1. The van der Waals surface area contributed by atoms with Crippen LogP contribution in [0.2, 0.25) is 0 Å². The van der Waals surface area contributed by atoms with Gasteiger partial charge in [-0.3, -0.25) is 9.59 Å². The molecule has 0 heterocycles. The summed E-state index contributed by atoms with van der Waals surface area (Å²) in [6.07, 6.45) is 0. The SMILES string of the molecule is COCCSCC(=O)N[C@@H](C)C(=O)O. The summed E-state index contributed by atoms with van der Waals surface area (Å²) in [5.41, 5.74) is 0. The van der Waals surface area contributed by atoms with Gasteiger partial charge in [0.25, 0.3) is 0 Å². The second-order valence-corrected chi connectivity index (χ2v) is 3.78. The van der Waals surface area contributed by atoms with Crippen LogP contribution in [0.25, 0.3) is 0 Å². The molecular weight excluding hydrogens is 206 g/mol. The summed E-state index contributed by atoms with van der Waals surface area (Å²) < 4.78 is 4.80. The first-order valence-electron chi connectivity index (χ1n) is 4.16. The molecular formula is C8H15NO4S. The van der Waals surface area contributed by atoms with Crippen LogP contribution in [0, 0.1) is 0 Å². The van der Waals surface area contributed by atoms with Gasteiger partial charge < -0.3 is 15.2 Å². The van der Waals surface area contributed by atoms with E-state index in [1.807, 2.05) is 0 Å². The molecule has 5 nitrogen and oxygen atoms in total. The van der Waals surface area contributed by atoms with Crippen LogP contribution in [0.3, 0.4) is 0 Å². The van der Waals surface area contributed by atoms with E-state index in [1.54, 1.807) is 7.11 Å². The standard InChI is InChI=1S/C8H15NO4S/c1-6(8(11)12)9-7(10)5-14-4-3-13-2/h6H,3-5H2,1-2H3,(H,9,10)(H,11,12)/t6-/m0/s1. The van der Waals surface area contributed by atoms with E-state index in [2.05, 4.69) is 5.32 Å². The molecule has 0 bridgehead atoms. The molecule has 0 rings (SSSR count). The summed E-state index contributed by atoms with van der Waals surface area (Å²) in [5.74, 6) is -0.298. The fourth-order valence-corrected chi connectivity index (χ4v) is 1.35. The van der Waals surface area contributed by atoms with Gasteiger partial charge in [-0.1, -0.05) is 0 Å². The van der Waals surface area contributed by atoms with Crippen molar-refractivity contribution in [2.45, 2.75) is 13.0 Å². The van der Waals surface area contributed by atoms with Crippen LogP contribution in [0.15, 0.2) is 0 Å². The molecule has 14 heavy (non-hydrogen) atoms. The Labute approximate surface area is 87.2 Å². The zero-order chi connectivity index (χ0) is 11.0. The van der Waals surface area contributed by atoms with Gasteiger partial charge in [0.1, 0.15) is 6.04 Å². The van der Waals surface area contributed by atoms with Crippen molar-refractivity contribution in [2.24, 2.45) is 0 Å². The molecule has 2 N–H and O–H groups in total. The minimum atomic E-state index is -1.03. The first kappa shape index (κ1) is 13.2. The van der Waals surface area contributed by atoms with Gasteiger partial charge in [0.2, 0.25) is 5.91 Å². The van der Waals surface area contributed by atoms with Crippen molar-refractivity contribution in [3.8, 4) is 0 Å². The van der Waals surface area contributed by atoms with Crippen molar-refractivity contribution in [3.05, 3.63) is 0 Å². The van der Waals surface area contributed by atoms with Crippen LogP contribution >= 0.6 is 11.8 Å². The van der Waals surface area contributed by atoms with Crippen molar-refractivity contribution in [1.82, 2.24) is 5.32 Å². The van der Waals surface area contributed by atoms with Crippen LogP contribution in [0.1, 0.15) is 6.92 Å². The van der Waals surface area contributed by atoms with E-state index in [1.165, 1.54) is 18.7 Å². The molecule has 0 radical (unpaired) electrons. The predicted molar refractivity (Wildman–Crippen MR) is 54.4 cm³/mol. The largest absolute Gasteiger partial charge is 0.480 e. The van der Waals surface area contributed by atoms with Crippen LogP contribution in [-0.2, 0) is 14.3 Å². The summed E-state index contributed by atoms with van der Waals surface area (Å²) >= 11 is 1.41. The fraction of sp³-hybridized carbons (Fsp3) is 0.750. The van der Waals surface area contributed by atoms with Crippen molar-refractivity contribution in [1.29, 1.82) is 0 Å². The molecule has 1 atom stereocenters. The molecule has 0 aliphatic rings. The number of carboxylic acids is 1. The minimum Gasteiger partial charge on any atom is -0.480 e. The Morgan fingerprint density at radius 3 is 2.71 bits per heavy atom. The number of carbonyl (C=O) groups is 2. The van der Waals surface area contributed by atoms with E-state index < -0.39 is 12.0 Å². The van der Waals surface area contributed by atoms with Crippen LogP contribution < -0.4 is 5.32 Å². The summed E-state index contributed by atoms with van der Waals surface area (Å²) in [7, 11) is 1.59. The Morgan fingerprint density at radius 2 is 2.21 bits per heavy atom. The third-order valence-corrected chi connectivity index (χ3v) is 2.33. The first-order chi connectivity index (χ1) is 6.57. The van der Waals surface area contributed by atoms with E-state index in [9.17, 15) is 9.59 Å². The number of carbonyl (C=O) groups excluding carboxylic acids is 1. The molecule has 82 valence electrons. The highest BCUT2D eigenvalue weighted by Gasteiger charge is 2.13. The van der Waals surface area contributed by atoms with Crippen LogP contribution in [0.5, 0.6) is 0 Å². The number of rotatable bonds is 7. The number of amides is 1. The maximum absolute atomic E-state index is 11.1. The lowest BCUT2D eigenvalue weighted by Crippen LogP contribution is -2.39. The molecule has 0 fully saturated rings. The Bertz CT molecular complexity index is 198. The van der Waals surface area contributed by atoms with Gasteiger partial charge in [-0.05, 0) is 6.92 Å². The van der Waals surface area contributed by atoms with Crippen LogP contribution in [-0.4, -0.2) is 48.2 Å². The van der Waals surface area contributed by atoms with Crippen molar-refractivity contribution in [3.63, 3.8) is 0 Å². The quantitative estimate of drug-likeness (QED) is 0.590. The highest BCUT2D eigenvalue weighted by atomic mass is 32.2. The Balaban J connectivity index is 3.50. The number of nitrogens with one attached hydrogen (secondary N) is 1. The van der Waals surface area contributed by atoms with E-state index in [4.69, 9.17) is 9.84 Å². The second-order valence-electron chi connectivity index (χ2n) is 2.67. The monoisotopic (exact) mass is 221 g/mol. The van der Waals surface area contributed by atoms with Gasteiger partial charge >= 0.3 is 5.97 Å². The highest BCUT2D eigenvalue weighted by Crippen LogP contribution is 1.98. The molecule has 0 saturated carbocycles. The molecule has 0 aromatic carbocycles. The molecule has 1 amide bonds. The van der Waals surface area contributed by atoms with Gasteiger partial charge in [0, 0.05) is 12.9 Å². The number of thioether (sulfide) groups is 1. The average Bonchev–Trinajstić information content (AvgIpc) is 2.12. The zero-order valence-corrected chi connectivity index (χ0v) is 9.10. The van der Waals surface area contributed by atoms with E-state index >= 15 is 0 Å². The molecule has 0 spiro atoms. The second kappa shape index (κ2) is 7.64. The van der Waals surface area contributed by atoms with E-state index in [0.29, 0.717) is 6.61 Å². The lowest BCUT2D eigenvalue weighted by atomic mass is 10.3. The third-order valence-electron chi connectivity index (χ3n) is 1.41. The molecule has 6 heteroatoms. The number of aliphatic carboxylic acids is 1. The van der Waals surface area contributed by atoms with Gasteiger partial charge in [0.05, 0.1) is 12.4 Å². The average molecular weight is 221 g/mol. The number of ether oxygens (including phenoxy) is 1. The topological polar surface area (TPSA) is 75.6 Å². The number of hydrogen-bond donors (Lipinski definition) is 2. The maximum atomic E-state index is 11.1. The molecule has 0 saturated heterocycles. The first-order valence-corrected chi connectivity index (χ1v) is 5.32. The van der Waals surface area contributed by atoms with Gasteiger partial charge in [-0.2, -0.15) is 0 Å². The number of hydrogen-bond acceptors (Lipinski definition) is 4. The lowest BCUT2D eigenvalue weighted by molar-refractivity contribution is -0.140. The van der Waals surface area contributed by atoms with Gasteiger partial charge in [-0.15, -0.1) is 11.8 Å². The smallest absolute Gasteiger partial charge is 0.325 e. The van der Waals surface area contributed by atoms with Crippen molar-refractivity contribution < 1.29 is 19.4 Å². The Kier molecular flexibility index (Phi) is 7.23. The summed E-state index contributed by atoms with van der Waals surface area (Å²) in [5, 5.41) is 10.9. The highest BCUT2D eigenvalue weighted by molar-refractivity contribution is 7.99. The molecule has 0 aliphatic heterocycles. The van der Waals surface area contributed by atoms with E-state index in [0.717, 1.165) is 5.75 Å². The Hall–Kier alpha value is -0.750. The molecule has 0 aromatic heterocycles. The third kappa shape index (κ3) is 6.73. The van der Waals surface area contributed by atoms with Crippen LogP contribution in [0.4, 0.5) is 0 Å². The fourth-order valence-electron chi connectivity index (χ4n) is 0.652. The zero-order valence-electron chi connectivity index (χ0n) is 8.28. The van der Waals surface area contributed by atoms with Gasteiger partial charge in [-0.25, -0.2) is 0 Å². The summed E-state index contributed by atoms with van der Waals surface area (Å²) in [6.45, 7) is 2.02. The molecule has 0 aromatic rings. The summed E-state index contributed by atoms with van der Waals surface area (Å²) in [6, 6.07) is -0.828. The number of carboxylic acid groups (broad SMARTS) is 1. The lowest BCUT2D eigenvalue weighted by Gasteiger charge is -2.08. The predicted octanol–water partition coefficient (Wildman–Crippen LogP) is -0.0447. The molecule has 0 aliphatic carbocycles. The summed E-state index contributed by atoms with van der Waals surface area (Å²) in [4.78, 5) is 21.5. The molecule has 0 unspecified atom stereocenters. The van der Waals surface area contributed by atoms with Crippen molar-refractivity contribution in [2.75, 3.05) is 25.2 Å². The Morgan fingerprint density at radius 1 is 1.57 bits per heavy atom. The number of methoxy groups -OCH3 is 1. The van der Waals surface area contributed by atoms with Gasteiger partial charge in [0.15, 0.2) is 0 Å². The van der Waals surface area contributed by atoms with Crippen molar-refractivity contribution >= 4 is 23.6 Å².